The zero-order chi connectivity index (χ0) is 13.9. The molecule has 0 radical (unpaired) electrons. The molecule has 0 saturated heterocycles. The largest absolute Gasteiger partial charge is 0.355 e. The first-order valence-electron chi connectivity index (χ1n) is 6.56. The molecule has 0 amide bonds. The van der Waals surface area contributed by atoms with Crippen LogP contribution in [0, 0.1) is 5.41 Å². The Morgan fingerprint density at radius 2 is 2.16 bits per heavy atom. The van der Waals surface area contributed by atoms with Crippen molar-refractivity contribution in [1.82, 2.24) is 25.3 Å². The van der Waals surface area contributed by atoms with Crippen LogP contribution in [0.3, 0.4) is 0 Å². The fourth-order valence-electron chi connectivity index (χ4n) is 1.93. The van der Waals surface area contributed by atoms with E-state index in [1.807, 2.05) is 12.1 Å². The van der Waals surface area contributed by atoms with E-state index < -0.39 is 0 Å². The van der Waals surface area contributed by atoms with Crippen molar-refractivity contribution < 1.29 is 0 Å². The van der Waals surface area contributed by atoms with Crippen LogP contribution in [0.4, 0.5) is 5.82 Å². The maximum Gasteiger partial charge on any atom is 0.200 e. The van der Waals surface area contributed by atoms with Crippen LogP contribution in [0.5, 0.6) is 0 Å². The van der Waals surface area contributed by atoms with Gasteiger partial charge in [-0.15, -0.1) is 14.8 Å². The van der Waals surface area contributed by atoms with Gasteiger partial charge in [0.05, 0.1) is 0 Å². The zero-order valence-corrected chi connectivity index (χ0v) is 11.7. The second-order valence-corrected chi connectivity index (χ2v) is 5.51. The van der Waals surface area contributed by atoms with E-state index in [2.05, 4.69) is 46.3 Å². The Balaban J connectivity index is 2.26. The second-order valence-electron chi connectivity index (χ2n) is 5.51. The molecule has 0 bridgehead atoms. The fourth-order valence-corrected chi connectivity index (χ4v) is 1.93. The Hall–Kier alpha value is -1.76. The van der Waals surface area contributed by atoms with Crippen LogP contribution in [-0.4, -0.2) is 44.9 Å². The molecule has 2 aromatic heterocycles. The van der Waals surface area contributed by atoms with E-state index in [-0.39, 0.29) is 5.41 Å². The lowest BCUT2D eigenvalue weighted by molar-refractivity contribution is 0.376. The van der Waals surface area contributed by atoms with Crippen molar-refractivity contribution >= 4 is 11.5 Å². The molecule has 0 aliphatic heterocycles. The molecule has 19 heavy (non-hydrogen) atoms. The van der Waals surface area contributed by atoms with Crippen LogP contribution < -0.4 is 10.6 Å². The number of rotatable bonds is 6. The SMILES string of the molecule is CCCN(CC(C)(C)CN)c1ccc2nnnn2n1. The Labute approximate surface area is 112 Å². The van der Waals surface area contributed by atoms with E-state index >= 15 is 0 Å². The number of nitrogens with zero attached hydrogens (tertiary/aromatic N) is 6. The van der Waals surface area contributed by atoms with Crippen LogP contribution in [0.25, 0.3) is 5.65 Å². The van der Waals surface area contributed by atoms with Crippen molar-refractivity contribution in [2.24, 2.45) is 11.1 Å². The van der Waals surface area contributed by atoms with Crippen molar-refractivity contribution in [2.45, 2.75) is 27.2 Å². The second kappa shape index (κ2) is 5.48. The van der Waals surface area contributed by atoms with Crippen molar-refractivity contribution in [3.05, 3.63) is 12.1 Å². The quantitative estimate of drug-likeness (QED) is 0.826. The summed E-state index contributed by atoms with van der Waals surface area (Å²) in [4.78, 5) is 2.23. The Morgan fingerprint density at radius 3 is 2.84 bits per heavy atom. The molecule has 2 rings (SSSR count). The molecule has 0 atom stereocenters. The molecular weight excluding hydrogens is 242 g/mol. The molecule has 2 N–H and O–H groups in total. The lowest BCUT2D eigenvalue weighted by Gasteiger charge is -2.32. The molecule has 0 spiro atoms. The number of fused-ring (bicyclic) bond motifs is 1. The van der Waals surface area contributed by atoms with Gasteiger partial charge in [0.1, 0.15) is 0 Å². The van der Waals surface area contributed by atoms with Crippen LogP contribution in [-0.2, 0) is 0 Å². The minimum atomic E-state index is 0.0480. The number of nitrogens with two attached hydrogens (primary N) is 1. The highest BCUT2D eigenvalue weighted by atomic mass is 15.6. The fraction of sp³-hybridized carbons (Fsp3) is 0.667. The van der Waals surface area contributed by atoms with Gasteiger partial charge in [0.15, 0.2) is 11.5 Å². The number of aromatic nitrogens is 5. The van der Waals surface area contributed by atoms with Gasteiger partial charge in [-0.05, 0) is 40.9 Å². The molecular formula is C12H21N7. The third-order valence-electron chi connectivity index (χ3n) is 3.04. The summed E-state index contributed by atoms with van der Waals surface area (Å²) < 4.78 is 1.45. The first-order valence-corrected chi connectivity index (χ1v) is 6.56. The number of tetrazole rings is 1. The van der Waals surface area contributed by atoms with Crippen molar-refractivity contribution in [3.63, 3.8) is 0 Å². The lowest BCUT2D eigenvalue weighted by Crippen LogP contribution is -2.39. The molecule has 7 nitrogen and oxygen atoms in total. The lowest BCUT2D eigenvalue weighted by atomic mass is 9.93. The number of hydrogen-bond donors (Lipinski definition) is 1. The molecule has 0 saturated carbocycles. The molecule has 7 heteroatoms. The Morgan fingerprint density at radius 1 is 1.37 bits per heavy atom. The number of anilines is 1. The normalized spacial score (nSPS) is 12.0. The molecule has 0 aliphatic rings. The van der Waals surface area contributed by atoms with Crippen LogP contribution in [0.15, 0.2) is 12.1 Å². The molecule has 0 fully saturated rings. The van der Waals surface area contributed by atoms with Gasteiger partial charge in [-0.2, -0.15) is 0 Å². The topological polar surface area (TPSA) is 85.2 Å². The average molecular weight is 263 g/mol. The van der Waals surface area contributed by atoms with E-state index in [1.54, 1.807) is 0 Å². The smallest absolute Gasteiger partial charge is 0.200 e. The van der Waals surface area contributed by atoms with Crippen LogP contribution >= 0.6 is 0 Å². The van der Waals surface area contributed by atoms with Gasteiger partial charge >= 0.3 is 0 Å². The third kappa shape index (κ3) is 3.17. The van der Waals surface area contributed by atoms with E-state index in [0.29, 0.717) is 12.2 Å². The van der Waals surface area contributed by atoms with E-state index in [4.69, 9.17) is 5.73 Å². The predicted molar refractivity (Wildman–Crippen MR) is 73.9 cm³/mol. The van der Waals surface area contributed by atoms with Gasteiger partial charge in [-0.25, -0.2) is 0 Å². The van der Waals surface area contributed by atoms with Crippen LogP contribution in [0.2, 0.25) is 0 Å². The summed E-state index contributed by atoms with van der Waals surface area (Å²) in [6, 6.07) is 3.83. The van der Waals surface area contributed by atoms with Gasteiger partial charge < -0.3 is 10.6 Å². The summed E-state index contributed by atoms with van der Waals surface area (Å²) in [6.45, 7) is 8.90. The summed E-state index contributed by atoms with van der Waals surface area (Å²) >= 11 is 0. The minimum absolute atomic E-state index is 0.0480. The molecule has 0 unspecified atom stereocenters. The van der Waals surface area contributed by atoms with Gasteiger partial charge in [-0.1, -0.05) is 20.8 Å². The van der Waals surface area contributed by atoms with Gasteiger partial charge in [0, 0.05) is 13.1 Å². The third-order valence-corrected chi connectivity index (χ3v) is 3.04. The zero-order valence-electron chi connectivity index (χ0n) is 11.7. The van der Waals surface area contributed by atoms with Crippen molar-refractivity contribution in [2.75, 3.05) is 24.5 Å². The molecule has 0 aliphatic carbocycles. The standard InChI is InChI=1S/C12H21N7/c1-4-7-18(9-12(2,3)8-13)11-6-5-10-14-16-17-19(10)15-11/h5-6H,4,7-9,13H2,1-3H3. The first kappa shape index (κ1) is 13.7. The molecule has 0 aromatic carbocycles. The highest BCUT2D eigenvalue weighted by Gasteiger charge is 2.21. The van der Waals surface area contributed by atoms with Crippen molar-refractivity contribution in [1.29, 1.82) is 0 Å². The van der Waals surface area contributed by atoms with Crippen LogP contribution in [0.1, 0.15) is 27.2 Å². The van der Waals surface area contributed by atoms with Gasteiger partial charge in [-0.3, -0.25) is 0 Å². The summed E-state index contributed by atoms with van der Waals surface area (Å²) in [6.07, 6.45) is 1.05. The maximum absolute atomic E-state index is 5.82. The van der Waals surface area contributed by atoms with E-state index in [1.165, 1.54) is 4.63 Å². The maximum atomic E-state index is 5.82. The number of hydrogen-bond acceptors (Lipinski definition) is 6. The highest BCUT2D eigenvalue weighted by molar-refractivity contribution is 5.44. The minimum Gasteiger partial charge on any atom is -0.355 e. The summed E-state index contributed by atoms with van der Waals surface area (Å²) in [7, 11) is 0. The molecule has 2 heterocycles. The molecule has 104 valence electrons. The summed E-state index contributed by atoms with van der Waals surface area (Å²) in [5, 5.41) is 15.7. The van der Waals surface area contributed by atoms with E-state index in [0.717, 1.165) is 25.3 Å². The average Bonchev–Trinajstić information content (AvgIpc) is 2.85. The highest BCUT2D eigenvalue weighted by Crippen LogP contribution is 2.20. The summed E-state index contributed by atoms with van der Waals surface area (Å²) in [5.41, 5.74) is 6.52. The van der Waals surface area contributed by atoms with Gasteiger partial charge in [0.25, 0.3) is 0 Å². The van der Waals surface area contributed by atoms with E-state index in [9.17, 15) is 0 Å². The van der Waals surface area contributed by atoms with Crippen molar-refractivity contribution in [3.8, 4) is 0 Å². The monoisotopic (exact) mass is 263 g/mol. The molecule has 2 aromatic rings. The first-order chi connectivity index (χ1) is 9.05. The predicted octanol–water partition coefficient (Wildman–Crippen LogP) is 0.721. The Bertz CT molecular complexity index is 534. The Kier molecular flexibility index (Phi) is 3.94. The summed E-state index contributed by atoms with van der Waals surface area (Å²) in [5.74, 6) is 0.878. The van der Waals surface area contributed by atoms with Gasteiger partial charge in [0.2, 0.25) is 0 Å².